The Labute approximate surface area is 416 Å². The molecule has 0 saturated carbocycles. The molecule has 392 valence electrons. The van der Waals surface area contributed by atoms with Gasteiger partial charge in [0.1, 0.15) is 13.2 Å². The third-order valence-electron chi connectivity index (χ3n) is 13.5. The lowest BCUT2D eigenvalue weighted by Crippen LogP contribution is -2.44. The first-order chi connectivity index (χ1) is 32.6. The van der Waals surface area contributed by atoms with Crippen LogP contribution in [-0.4, -0.2) is 36.7 Å². The van der Waals surface area contributed by atoms with E-state index < -0.39 is 5.60 Å². The maximum absolute atomic E-state index is 13.5. The van der Waals surface area contributed by atoms with Gasteiger partial charge in [0, 0.05) is 0 Å². The molecule has 3 atom stereocenters. The van der Waals surface area contributed by atoms with Gasteiger partial charge in [-0.25, -0.2) is 0 Å². The highest BCUT2D eigenvalue weighted by atomic mass is 16.6. The van der Waals surface area contributed by atoms with Crippen molar-refractivity contribution in [3.8, 4) is 0 Å². The van der Waals surface area contributed by atoms with Crippen LogP contribution in [0.4, 0.5) is 0 Å². The van der Waals surface area contributed by atoms with Gasteiger partial charge in [-0.2, -0.15) is 0 Å². The standard InChI is InChI=1S/C61H112O6/c1-8-11-14-17-20-23-26-29-32-35-38-41-44-47-50-55(4)58(62)65-53-61(7,67-60(64)57(6)52-49-46-43-40-37-34-31-28-25-22-19-16-13-10-3)54-66-59(63)56(5)51-48-45-42-39-36-33-30-27-24-21-18-15-12-9-2/h29-34,55-57H,8-28,35-54H2,1-7H3/b32-29-,33-30-,34-31-. The van der Waals surface area contributed by atoms with Crippen molar-refractivity contribution >= 4 is 17.9 Å². The van der Waals surface area contributed by atoms with Crippen molar-refractivity contribution in [3.63, 3.8) is 0 Å². The summed E-state index contributed by atoms with van der Waals surface area (Å²) in [6.07, 6.45) is 60.6. The number of unbranched alkanes of at least 4 members (excludes halogenated alkanes) is 30. The minimum atomic E-state index is -1.26. The van der Waals surface area contributed by atoms with E-state index in [0.29, 0.717) is 0 Å². The highest BCUT2D eigenvalue weighted by molar-refractivity contribution is 5.74. The molecule has 0 N–H and O–H groups in total. The summed E-state index contributed by atoms with van der Waals surface area (Å²) in [6, 6.07) is 0. The maximum atomic E-state index is 13.5. The molecule has 0 fully saturated rings. The zero-order valence-corrected chi connectivity index (χ0v) is 45.6. The van der Waals surface area contributed by atoms with Gasteiger partial charge < -0.3 is 14.2 Å². The Hall–Kier alpha value is -2.37. The monoisotopic (exact) mass is 941 g/mol. The van der Waals surface area contributed by atoms with Crippen LogP contribution >= 0.6 is 0 Å². The van der Waals surface area contributed by atoms with Gasteiger partial charge in [-0.05, 0) is 103 Å². The van der Waals surface area contributed by atoms with Crippen LogP contribution < -0.4 is 0 Å². The minimum Gasteiger partial charge on any atom is -0.461 e. The molecule has 0 aliphatic carbocycles. The number of ether oxygens (including phenoxy) is 3. The van der Waals surface area contributed by atoms with Crippen LogP contribution in [0, 0.1) is 17.8 Å². The van der Waals surface area contributed by atoms with Crippen molar-refractivity contribution in [1.82, 2.24) is 0 Å². The SMILES string of the molecule is CCCCCCCC/C=C\CCCCCCC(C)C(=O)OCC(C)(COC(=O)C(C)CCCCCC/C=C\CCCCCCCC)OC(=O)C(C)CCCCCC/C=C\CCCCCCCC. The normalized spacial score (nSPS) is 14.2. The summed E-state index contributed by atoms with van der Waals surface area (Å²) in [5, 5.41) is 0. The molecular formula is C61H112O6. The fourth-order valence-corrected chi connectivity index (χ4v) is 8.56. The molecule has 0 rings (SSSR count). The second-order valence-electron chi connectivity index (χ2n) is 20.8. The predicted octanol–water partition coefficient (Wildman–Crippen LogP) is 19.2. The average Bonchev–Trinajstić information content (AvgIpc) is 3.32. The van der Waals surface area contributed by atoms with Gasteiger partial charge in [0.25, 0.3) is 0 Å². The Morgan fingerprint density at radius 3 is 0.836 bits per heavy atom. The Bertz CT molecular complexity index is 1140. The third kappa shape index (κ3) is 43.4. The van der Waals surface area contributed by atoms with Crippen molar-refractivity contribution in [2.24, 2.45) is 17.8 Å². The molecule has 0 aliphatic heterocycles. The zero-order valence-electron chi connectivity index (χ0n) is 45.6. The van der Waals surface area contributed by atoms with E-state index in [1.165, 1.54) is 154 Å². The zero-order chi connectivity index (χ0) is 49.3. The molecule has 0 aromatic carbocycles. The van der Waals surface area contributed by atoms with Gasteiger partial charge in [-0.3, -0.25) is 14.4 Å². The minimum absolute atomic E-state index is 0.138. The number of carbonyl (C=O) groups excluding carboxylic acids is 3. The lowest BCUT2D eigenvalue weighted by Gasteiger charge is -2.30. The first-order valence-electron chi connectivity index (χ1n) is 29.1. The van der Waals surface area contributed by atoms with Crippen LogP contribution in [0.15, 0.2) is 36.5 Å². The predicted molar refractivity (Wildman–Crippen MR) is 288 cm³/mol. The highest BCUT2D eigenvalue weighted by Gasteiger charge is 2.35. The van der Waals surface area contributed by atoms with Crippen LogP contribution in [-0.2, 0) is 28.6 Å². The van der Waals surface area contributed by atoms with Gasteiger partial charge >= 0.3 is 17.9 Å². The molecule has 0 heterocycles. The fraction of sp³-hybridized carbons (Fsp3) is 0.852. The van der Waals surface area contributed by atoms with Crippen molar-refractivity contribution in [3.05, 3.63) is 36.5 Å². The van der Waals surface area contributed by atoms with Crippen LogP contribution in [0.3, 0.4) is 0 Å². The number of hydrogen-bond acceptors (Lipinski definition) is 6. The molecule has 0 radical (unpaired) electrons. The van der Waals surface area contributed by atoms with Gasteiger partial charge in [0.2, 0.25) is 0 Å². The molecule has 0 aliphatic rings. The van der Waals surface area contributed by atoms with Crippen LogP contribution in [0.2, 0.25) is 0 Å². The fourth-order valence-electron chi connectivity index (χ4n) is 8.56. The molecule has 3 unspecified atom stereocenters. The number of hydrogen-bond donors (Lipinski definition) is 0. The number of rotatable bonds is 50. The smallest absolute Gasteiger partial charge is 0.309 e. The largest absolute Gasteiger partial charge is 0.461 e. The van der Waals surface area contributed by atoms with E-state index in [9.17, 15) is 14.4 Å². The van der Waals surface area contributed by atoms with E-state index in [2.05, 4.69) is 57.2 Å². The third-order valence-corrected chi connectivity index (χ3v) is 13.5. The lowest BCUT2D eigenvalue weighted by molar-refractivity contribution is -0.186. The molecule has 6 nitrogen and oxygen atoms in total. The highest BCUT2D eigenvalue weighted by Crippen LogP contribution is 2.23. The van der Waals surface area contributed by atoms with E-state index in [0.717, 1.165) is 96.3 Å². The topological polar surface area (TPSA) is 78.9 Å². The first kappa shape index (κ1) is 64.6. The number of allylic oxidation sites excluding steroid dienone is 6. The van der Waals surface area contributed by atoms with Crippen LogP contribution in [0.25, 0.3) is 0 Å². The maximum Gasteiger partial charge on any atom is 0.309 e. The molecule has 0 amide bonds. The van der Waals surface area contributed by atoms with Crippen LogP contribution in [0.5, 0.6) is 0 Å². The Morgan fingerprint density at radius 2 is 0.567 bits per heavy atom. The van der Waals surface area contributed by atoms with Crippen LogP contribution in [0.1, 0.15) is 299 Å². The Kier molecular flexibility index (Phi) is 46.9. The molecule has 67 heavy (non-hydrogen) atoms. The van der Waals surface area contributed by atoms with Crippen molar-refractivity contribution in [2.45, 2.75) is 304 Å². The summed E-state index contributed by atoms with van der Waals surface area (Å²) >= 11 is 0. The quantitative estimate of drug-likeness (QED) is 0.0262. The van der Waals surface area contributed by atoms with E-state index in [1.54, 1.807) is 6.92 Å². The van der Waals surface area contributed by atoms with Crippen molar-refractivity contribution < 1.29 is 28.6 Å². The molecule has 0 aromatic rings. The first-order valence-corrected chi connectivity index (χ1v) is 29.1. The molecule has 6 heteroatoms. The van der Waals surface area contributed by atoms with E-state index in [4.69, 9.17) is 14.2 Å². The second kappa shape index (κ2) is 48.6. The summed E-state index contributed by atoms with van der Waals surface area (Å²) in [5.74, 6) is -1.72. The van der Waals surface area contributed by atoms with Gasteiger partial charge in [-0.1, -0.05) is 232 Å². The molecule has 0 spiro atoms. The number of esters is 3. The van der Waals surface area contributed by atoms with E-state index in [1.807, 2.05) is 20.8 Å². The Morgan fingerprint density at radius 1 is 0.343 bits per heavy atom. The van der Waals surface area contributed by atoms with E-state index in [-0.39, 0.29) is 48.9 Å². The lowest BCUT2D eigenvalue weighted by atomic mass is 10.0. The molecule has 0 saturated heterocycles. The van der Waals surface area contributed by atoms with Crippen molar-refractivity contribution in [2.75, 3.05) is 13.2 Å². The summed E-state index contributed by atoms with van der Waals surface area (Å²) < 4.78 is 17.7. The summed E-state index contributed by atoms with van der Waals surface area (Å²) in [6.45, 7) is 14.0. The second-order valence-corrected chi connectivity index (χ2v) is 20.8. The summed E-state index contributed by atoms with van der Waals surface area (Å²) in [4.78, 5) is 39.9. The van der Waals surface area contributed by atoms with Gasteiger partial charge in [-0.15, -0.1) is 0 Å². The summed E-state index contributed by atoms with van der Waals surface area (Å²) in [7, 11) is 0. The Balaban J connectivity index is 4.85. The molecule has 0 aromatic heterocycles. The molecule has 0 bridgehead atoms. The average molecular weight is 942 g/mol. The van der Waals surface area contributed by atoms with Gasteiger partial charge in [0.15, 0.2) is 5.60 Å². The van der Waals surface area contributed by atoms with Gasteiger partial charge in [0.05, 0.1) is 17.8 Å². The van der Waals surface area contributed by atoms with Crippen molar-refractivity contribution in [1.29, 1.82) is 0 Å². The number of carbonyl (C=O) groups is 3. The molecular weight excluding hydrogens is 829 g/mol. The van der Waals surface area contributed by atoms with E-state index >= 15 is 0 Å². The summed E-state index contributed by atoms with van der Waals surface area (Å²) in [5.41, 5.74) is -1.26.